The largest absolute Gasteiger partial charge is 0.505 e. The topological polar surface area (TPSA) is 60.2 Å². The van der Waals surface area contributed by atoms with Crippen LogP contribution in [-0.4, -0.2) is 19.6 Å². The maximum Gasteiger partial charge on any atom is 0.217 e. The van der Waals surface area contributed by atoms with Gasteiger partial charge in [-0.3, -0.25) is 0 Å². The zero-order chi connectivity index (χ0) is 25.6. The van der Waals surface area contributed by atoms with Crippen LogP contribution >= 0.6 is 0 Å². The molecule has 5 nitrogen and oxygen atoms in total. The molecule has 0 saturated carbocycles. The van der Waals surface area contributed by atoms with Gasteiger partial charge in [-0.1, -0.05) is 60.1 Å². The number of hydrogen-bond acceptors (Lipinski definition) is 4. The van der Waals surface area contributed by atoms with Crippen LogP contribution in [0.2, 0.25) is 0 Å². The van der Waals surface area contributed by atoms with Crippen molar-refractivity contribution in [3.05, 3.63) is 121 Å². The normalized spacial score (nSPS) is 11.1. The second-order valence-corrected chi connectivity index (χ2v) is 9.28. The predicted octanol–water partition coefficient (Wildman–Crippen LogP) is 8.00. The number of pyridine rings is 2. The maximum atomic E-state index is 11.1. The van der Waals surface area contributed by atoms with E-state index in [1.165, 1.54) is 0 Å². The average Bonchev–Trinajstić information content (AvgIpc) is 3.28. The fraction of sp³-hybridized carbons (Fsp3) is 0.0303. The molecule has 39 heavy (non-hydrogen) atoms. The first-order valence-electron chi connectivity index (χ1n) is 12.4. The first kappa shape index (κ1) is 24.8. The summed E-state index contributed by atoms with van der Waals surface area (Å²) in [6, 6.07) is 37.1. The molecular weight excluding hydrogens is 665 g/mol. The average molecular weight is 688 g/mol. The molecule has 0 amide bonds. The molecule has 3 aromatic heterocycles. The molecule has 0 aliphatic heterocycles. The van der Waals surface area contributed by atoms with Crippen molar-refractivity contribution in [2.24, 2.45) is 0 Å². The second-order valence-electron chi connectivity index (χ2n) is 9.28. The minimum atomic E-state index is 0. The van der Waals surface area contributed by atoms with Crippen molar-refractivity contribution in [2.45, 2.75) is 6.92 Å². The Morgan fingerprint density at radius 1 is 0.821 bits per heavy atom. The third-order valence-corrected chi connectivity index (χ3v) is 6.80. The number of phenolic OH excluding ortho intramolecular Hbond substituents is 1. The second kappa shape index (κ2) is 10.0. The number of aryl methyl sites for hydroxylation is 1. The standard InChI is InChI=1S/C33H22N3O2.Pt/c1-21-17-18-34-30(19-21)36-28-10-6-5-9-26(28)27-15-13-24(20-29(27)36)38-31-16-12-23-11-14-25(33(37)32(23)35-31)22-7-3-2-4-8-22;/h2-19,37H,1H3;/q-1;. The molecule has 7 aromatic rings. The van der Waals surface area contributed by atoms with E-state index in [1.54, 1.807) is 6.07 Å². The molecule has 0 atom stereocenters. The molecule has 3 heterocycles. The Balaban J connectivity index is 0.00000277. The number of ether oxygens (including phenoxy) is 1. The van der Waals surface area contributed by atoms with E-state index in [2.05, 4.69) is 45.7 Å². The number of rotatable bonds is 4. The van der Waals surface area contributed by atoms with Crippen molar-refractivity contribution in [3.8, 4) is 34.3 Å². The molecule has 6 heteroatoms. The summed E-state index contributed by atoms with van der Waals surface area (Å²) in [6.07, 6.45) is 1.82. The van der Waals surface area contributed by atoms with E-state index in [-0.39, 0.29) is 26.8 Å². The fourth-order valence-electron chi connectivity index (χ4n) is 4.99. The fourth-order valence-corrected chi connectivity index (χ4v) is 4.99. The van der Waals surface area contributed by atoms with Crippen molar-refractivity contribution < 1.29 is 30.9 Å². The zero-order valence-electron chi connectivity index (χ0n) is 20.9. The first-order chi connectivity index (χ1) is 18.7. The third kappa shape index (κ3) is 4.35. The number of para-hydroxylation sites is 1. The van der Waals surface area contributed by atoms with E-state index in [1.807, 2.05) is 85.1 Å². The molecule has 0 aliphatic carbocycles. The molecule has 1 N–H and O–H groups in total. The van der Waals surface area contributed by atoms with Crippen molar-refractivity contribution in [1.82, 2.24) is 14.5 Å². The van der Waals surface area contributed by atoms with Crippen LogP contribution in [0.25, 0.3) is 49.7 Å². The van der Waals surface area contributed by atoms with Gasteiger partial charge in [-0.2, -0.15) is 6.07 Å². The summed E-state index contributed by atoms with van der Waals surface area (Å²) in [5, 5.41) is 14.1. The summed E-state index contributed by atoms with van der Waals surface area (Å²) >= 11 is 0. The number of fused-ring (bicyclic) bond motifs is 4. The van der Waals surface area contributed by atoms with Gasteiger partial charge >= 0.3 is 0 Å². The van der Waals surface area contributed by atoms with Gasteiger partial charge in [0, 0.05) is 55.5 Å². The number of hydrogen-bond donors (Lipinski definition) is 1. The minimum Gasteiger partial charge on any atom is -0.505 e. The van der Waals surface area contributed by atoms with Crippen LogP contribution in [0.4, 0.5) is 0 Å². The molecule has 0 unspecified atom stereocenters. The predicted molar refractivity (Wildman–Crippen MR) is 151 cm³/mol. The van der Waals surface area contributed by atoms with Crippen LogP contribution in [0, 0.1) is 13.0 Å². The minimum absolute atomic E-state index is 0. The van der Waals surface area contributed by atoms with Gasteiger partial charge in [0.2, 0.25) is 5.88 Å². The van der Waals surface area contributed by atoms with Crippen molar-refractivity contribution in [1.29, 1.82) is 0 Å². The van der Waals surface area contributed by atoms with Crippen LogP contribution in [0.15, 0.2) is 109 Å². The van der Waals surface area contributed by atoms with Crippen LogP contribution in [0.1, 0.15) is 5.56 Å². The Labute approximate surface area is 239 Å². The van der Waals surface area contributed by atoms with E-state index < -0.39 is 0 Å². The summed E-state index contributed by atoms with van der Waals surface area (Å²) in [7, 11) is 0. The van der Waals surface area contributed by atoms with Crippen molar-refractivity contribution >= 4 is 32.7 Å². The van der Waals surface area contributed by atoms with E-state index in [0.29, 0.717) is 17.1 Å². The number of aromatic nitrogens is 3. The van der Waals surface area contributed by atoms with Crippen LogP contribution in [-0.2, 0) is 21.1 Å². The quantitative estimate of drug-likeness (QED) is 0.191. The van der Waals surface area contributed by atoms with E-state index >= 15 is 0 Å². The number of nitrogens with zero attached hydrogens (tertiary/aromatic N) is 3. The van der Waals surface area contributed by atoms with Crippen molar-refractivity contribution in [2.75, 3.05) is 0 Å². The molecule has 0 radical (unpaired) electrons. The Kier molecular flexibility index (Phi) is 6.38. The Hall–Kier alpha value is -4.47. The van der Waals surface area contributed by atoms with Gasteiger partial charge in [-0.15, -0.1) is 17.5 Å². The van der Waals surface area contributed by atoms with E-state index in [4.69, 9.17) is 4.74 Å². The molecule has 0 saturated heterocycles. The Bertz CT molecular complexity index is 1980. The van der Waals surface area contributed by atoms with Crippen molar-refractivity contribution in [3.63, 3.8) is 0 Å². The van der Waals surface area contributed by atoms with Gasteiger partial charge in [0.1, 0.15) is 17.1 Å². The maximum absolute atomic E-state index is 11.1. The van der Waals surface area contributed by atoms with Gasteiger partial charge in [-0.25, -0.2) is 9.97 Å². The summed E-state index contributed by atoms with van der Waals surface area (Å²) in [4.78, 5) is 9.29. The zero-order valence-corrected chi connectivity index (χ0v) is 23.2. The van der Waals surface area contributed by atoms with Gasteiger partial charge in [0.25, 0.3) is 0 Å². The van der Waals surface area contributed by atoms with Gasteiger partial charge < -0.3 is 14.4 Å². The SMILES string of the molecule is Cc1ccnc(-n2c3[c-]c(Oc4ccc5ccc(-c6ccccc6)c(O)c5n4)ccc3c3ccccc32)c1.[Pt]. The third-order valence-electron chi connectivity index (χ3n) is 6.80. The molecular formula is C33H22N3O2Pt-. The Morgan fingerprint density at radius 2 is 1.62 bits per heavy atom. The molecule has 0 bridgehead atoms. The van der Waals surface area contributed by atoms with Crippen LogP contribution < -0.4 is 4.74 Å². The monoisotopic (exact) mass is 687 g/mol. The summed E-state index contributed by atoms with van der Waals surface area (Å²) in [5.74, 6) is 1.86. The first-order valence-corrected chi connectivity index (χ1v) is 12.4. The van der Waals surface area contributed by atoms with Crippen LogP contribution in [0.5, 0.6) is 17.4 Å². The Morgan fingerprint density at radius 3 is 2.46 bits per heavy atom. The summed E-state index contributed by atoms with van der Waals surface area (Å²) < 4.78 is 8.30. The molecule has 192 valence electrons. The van der Waals surface area contributed by atoms with Crippen LogP contribution in [0.3, 0.4) is 0 Å². The number of benzene rings is 4. The summed E-state index contributed by atoms with van der Waals surface area (Å²) in [5.41, 5.74) is 5.20. The molecule has 0 aliphatic rings. The van der Waals surface area contributed by atoms with Gasteiger partial charge in [0.05, 0.1) is 0 Å². The van der Waals surface area contributed by atoms with Gasteiger partial charge in [0.15, 0.2) is 0 Å². The van der Waals surface area contributed by atoms with Gasteiger partial charge in [-0.05, 0) is 53.8 Å². The molecule has 4 aromatic carbocycles. The number of aromatic hydroxyl groups is 1. The number of phenols is 1. The summed E-state index contributed by atoms with van der Waals surface area (Å²) in [6.45, 7) is 2.06. The van der Waals surface area contributed by atoms with E-state index in [9.17, 15) is 5.11 Å². The van der Waals surface area contributed by atoms with E-state index in [0.717, 1.165) is 49.7 Å². The molecule has 0 fully saturated rings. The molecule has 7 rings (SSSR count). The smallest absolute Gasteiger partial charge is 0.217 e. The molecule has 0 spiro atoms.